The van der Waals surface area contributed by atoms with Crippen LogP contribution in [-0.4, -0.2) is 50.7 Å². The zero-order valence-corrected chi connectivity index (χ0v) is 18.7. The summed E-state index contributed by atoms with van der Waals surface area (Å²) in [6.07, 6.45) is 12.6. The summed E-state index contributed by atoms with van der Waals surface area (Å²) in [7, 11) is 0. The van der Waals surface area contributed by atoms with Gasteiger partial charge in [0, 0.05) is 60.9 Å². The summed E-state index contributed by atoms with van der Waals surface area (Å²) >= 11 is 0. The second-order valence-electron chi connectivity index (χ2n) is 8.88. The van der Waals surface area contributed by atoms with Crippen molar-refractivity contribution in [1.82, 2.24) is 24.6 Å². The molecule has 0 aliphatic carbocycles. The molecule has 1 aromatic carbocycles. The van der Waals surface area contributed by atoms with E-state index in [1.54, 1.807) is 6.20 Å². The number of nitrogens with zero attached hydrogens (tertiary/aromatic N) is 3. The van der Waals surface area contributed by atoms with Gasteiger partial charge in [0.15, 0.2) is 0 Å². The van der Waals surface area contributed by atoms with E-state index in [-0.39, 0.29) is 11.8 Å². The molecule has 0 radical (unpaired) electrons. The highest BCUT2D eigenvalue weighted by molar-refractivity contribution is 5.98. The molecule has 4 heterocycles. The first-order chi connectivity index (χ1) is 16.2. The van der Waals surface area contributed by atoms with Crippen LogP contribution in [0.2, 0.25) is 0 Å². The molecule has 0 unspecified atom stereocenters. The van der Waals surface area contributed by atoms with E-state index in [0.29, 0.717) is 18.0 Å². The van der Waals surface area contributed by atoms with E-state index in [1.807, 2.05) is 64.3 Å². The Hall–Kier alpha value is -3.61. The van der Waals surface area contributed by atoms with Crippen LogP contribution < -0.4 is 5.32 Å². The Morgan fingerprint density at radius 1 is 1.06 bits per heavy atom. The molecule has 0 spiro atoms. The molecule has 4 aromatic rings. The number of rotatable bonds is 7. The molecular formula is C26H29N5O2. The lowest BCUT2D eigenvalue weighted by molar-refractivity contribution is 0.0686. The lowest BCUT2D eigenvalue weighted by atomic mass is 9.91. The topological polar surface area (TPSA) is 82.5 Å². The second kappa shape index (κ2) is 9.48. The maximum Gasteiger partial charge on any atom is 0.253 e. The number of hydrogen-bond donors (Lipinski definition) is 2. The number of fused-ring (bicyclic) bond motifs is 2. The molecule has 0 atom stereocenters. The van der Waals surface area contributed by atoms with Gasteiger partial charge in [-0.3, -0.25) is 9.59 Å². The molecule has 0 bridgehead atoms. The van der Waals surface area contributed by atoms with Crippen LogP contribution in [0.1, 0.15) is 52.8 Å². The van der Waals surface area contributed by atoms with Gasteiger partial charge in [-0.25, -0.2) is 4.98 Å². The maximum absolute atomic E-state index is 12.9. The Morgan fingerprint density at radius 3 is 2.79 bits per heavy atom. The fraction of sp³-hybridized carbons (Fsp3) is 0.346. The van der Waals surface area contributed by atoms with Crippen LogP contribution >= 0.6 is 0 Å². The molecular weight excluding hydrogens is 414 g/mol. The minimum Gasteiger partial charge on any atom is -0.361 e. The van der Waals surface area contributed by atoms with E-state index in [1.165, 1.54) is 0 Å². The van der Waals surface area contributed by atoms with Crippen molar-refractivity contribution in [1.29, 1.82) is 0 Å². The zero-order chi connectivity index (χ0) is 22.6. The molecule has 33 heavy (non-hydrogen) atoms. The number of aromatic amines is 1. The van der Waals surface area contributed by atoms with E-state index in [0.717, 1.165) is 67.3 Å². The summed E-state index contributed by atoms with van der Waals surface area (Å²) in [5, 5.41) is 4.09. The van der Waals surface area contributed by atoms with Crippen molar-refractivity contribution in [2.75, 3.05) is 19.6 Å². The van der Waals surface area contributed by atoms with Gasteiger partial charge < -0.3 is 19.6 Å². The molecule has 1 aliphatic heterocycles. The fourth-order valence-corrected chi connectivity index (χ4v) is 4.71. The first kappa shape index (κ1) is 21.2. The van der Waals surface area contributed by atoms with Gasteiger partial charge >= 0.3 is 0 Å². The van der Waals surface area contributed by atoms with Gasteiger partial charge in [-0.1, -0.05) is 12.8 Å². The number of imidazole rings is 1. The monoisotopic (exact) mass is 443 g/mol. The summed E-state index contributed by atoms with van der Waals surface area (Å²) in [6, 6.07) is 11.5. The van der Waals surface area contributed by atoms with Crippen molar-refractivity contribution in [3.05, 3.63) is 72.3 Å². The number of pyridine rings is 1. The summed E-state index contributed by atoms with van der Waals surface area (Å²) in [4.78, 5) is 34.6. The molecule has 2 N–H and O–H groups in total. The standard InChI is InChI=1S/C26H29N5O2/c32-25(22-5-7-24-28-13-16-31(24)18-22)29-11-2-1-3-19-9-14-30(15-10-19)26(33)21-4-6-23-20(17-21)8-12-27-23/h4-8,12-13,16-19,27H,1-3,9-11,14-15H2,(H,29,32). The Bertz CT molecular complexity index is 1270. The molecule has 7 nitrogen and oxygen atoms in total. The Kier molecular flexibility index (Phi) is 6.11. The van der Waals surface area contributed by atoms with E-state index >= 15 is 0 Å². The predicted octanol–water partition coefficient (Wildman–Crippen LogP) is 4.27. The average Bonchev–Trinajstić information content (AvgIpc) is 3.52. The fourth-order valence-electron chi connectivity index (χ4n) is 4.71. The van der Waals surface area contributed by atoms with Crippen LogP contribution in [0.25, 0.3) is 16.6 Å². The highest BCUT2D eigenvalue weighted by Gasteiger charge is 2.23. The van der Waals surface area contributed by atoms with Crippen molar-refractivity contribution in [3.63, 3.8) is 0 Å². The number of hydrogen-bond acceptors (Lipinski definition) is 3. The Labute approximate surface area is 192 Å². The number of piperidine rings is 1. The third kappa shape index (κ3) is 4.77. The van der Waals surface area contributed by atoms with Crippen molar-refractivity contribution in [2.24, 2.45) is 5.92 Å². The van der Waals surface area contributed by atoms with Gasteiger partial charge in [0.25, 0.3) is 11.8 Å². The lowest BCUT2D eigenvalue weighted by Gasteiger charge is -2.32. The van der Waals surface area contributed by atoms with Crippen molar-refractivity contribution >= 4 is 28.4 Å². The largest absolute Gasteiger partial charge is 0.361 e. The number of H-pyrrole nitrogens is 1. The van der Waals surface area contributed by atoms with E-state index in [4.69, 9.17) is 0 Å². The molecule has 1 aliphatic rings. The number of aromatic nitrogens is 3. The van der Waals surface area contributed by atoms with Gasteiger partial charge in [0.2, 0.25) is 0 Å². The van der Waals surface area contributed by atoms with Crippen molar-refractivity contribution < 1.29 is 9.59 Å². The molecule has 2 amide bonds. The second-order valence-corrected chi connectivity index (χ2v) is 8.88. The van der Waals surface area contributed by atoms with Gasteiger partial charge in [-0.15, -0.1) is 0 Å². The van der Waals surface area contributed by atoms with Crippen LogP contribution in [0.3, 0.4) is 0 Å². The van der Waals surface area contributed by atoms with Gasteiger partial charge in [-0.2, -0.15) is 0 Å². The summed E-state index contributed by atoms with van der Waals surface area (Å²) in [5.41, 5.74) is 3.30. The summed E-state index contributed by atoms with van der Waals surface area (Å²) in [5.74, 6) is 0.740. The predicted molar refractivity (Wildman–Crippen MR) is 128 cm³/mol. The number of carbonyl (C=O) groups excluding carboxylic acids is 2. The number of likely N-dealkylation sites (tertiary alicyclic amines) is 1. The van der Waals surface area contributed by atoms with E-state index in [9.17, 15) is 9.59 Å². The lowest BCUT2D eigenvalue weighted by Crippen LogP contribution is -2.38. The highest BCUT2D eigenvalue weighted by Crippen LogP contribution is 2.24. The van der Waals surface area contributed by atoms with Crippen LogP contribution in [0.5, 0.6) is 0 Å². The zero-order valence-electron chi connectivity index (χ0n) is 18.7. The quantitative estimate of drug-likeness (QED) is 0.419. The Morgan fingerprint density at radius 2 is 1.91 bits per heavy atom. The first-order valence-electron chi connectivity index (χ1n) is 11.7. The van der Waals surface area contributed by atoms with Crippen LogP contribution in [0.4, 0.5) is 0 Å². The first-order valence-corrected chi connectivity index (χ1v) is 11.7. The minimum atomic E-state index is -0.0461. The molecule has 170 valence electrons. The normalized spacial score (nSPS) is 14.7. The minimum absolute atomic E-state index is 0.0461. The number of carbonyl (C=O) groups is 2. The molecule has 1 fully saturated rings. The molecule has 5 rings (SSSR count). The van der Waals surface area contributed by atoms with Crippen LogP contribution in [-0.2, 0) is 0 Å². The number of nitrogens with one attached hydrogen (secondary N) is 2. The molecule has 7 heteroatoms. The van der Waals surface area contributed by atoms with Gasteiger partial charge in [0.1, 0.15) is 5.65 Å². The summed E-state index contributed by atoms with van der Waals surface area (Å²) in [6.45, 7) is 2.32. The van der Waals surface area contributed by atoms with Crippen LogP contribution in [0, 0.1) is 5.92 Å². The highest BCUT2D eigenvalue weighted by atomic mass is 16.2. The van der Waals surface area contributed by atoms with Crippen molar-refractivity contribution in [3.8, 4) is 0 Å². The molecule has 1 saturated heterocycles. The molecule has 0 saturated carbocycles. The molecule has 3 aromatic heterocycles. The Balaban J connectivity index is 1.01. The number of amides is 2. The average molecular weight is 444 g/mol. The summed E-state index contributed by atoms with van der Waals surface area (Å²) < 4.78 is 1.85. The third-order valence-electron chi connectivity index (χ3n) is 6.68. The SMILES string of the molecule is O=C(NCCCCC1CCN(C(=O)c2ccc3[nH]ccc3c2)CC1)c1ccc2nccn2c1. The smallest absolute Gasteiger partial charge is 0.253 e. The maximum atomic E-state index is 12.9. The third-order valence-corrected chi connectivity index (χ3v) is 6.68. The number of unbranched alkanes of at least 4 members (excludes halogenated alkanes) is 1. The number of benzene rings is 1. The van der Waals surface area contributed by atoms with Gasteiger partial charge in [0.05, 0.1) is 5.56 Å². The van der Waals surface area contributed by atoms with Gasteiger partial charge in [-0.05, 0) is 61.6 Å². The van der Waals surface area contributed by atoms with E-state index < -0.39 is 0 Å². The van der Waals surface area contributed by atoms with Crippen LogP contribution in [0.15, 0.2) is 61.2 Å². The van der Waals surface area contributed by atoms with Crippen molar-refractivity contribution in [2.45, 2.75) is 32.1 Å². The van der Waals surface area contributed by atoms with E-state index in [2.05, 4.69) is 15.3 Å².